The molecule has 0 aliphatic rings. The smallest absolute Gasteiger partial charge is 0.367 e. The topological polar surface area (TPSA) is 86.9 Å². The molecule has 0 aliphatic carbocycles. The van der Waals surface area contributed by atoms with Crippen LogP contribution in [0.1, 0.15) is 5.56 Å². The molecule has 5 nitrogen and oxygen atoms in total. The number of rotatable bonds is 2. The number of hydrogen-bond donors (Lipinski definition) is 2. The van der Waals surface area contributed by atoms with Gasteiger partial charge in [-0.3, -0.25) is 0 Å². The Balaban J connectivity index is 3.22. The first kappa shape index (κ1) is 8.32. The highest BCUT2D eigenvalue weighted by molar-refractivity contribution is 5.37. The Kier molecular flexibility index (Phi) is 2.14. The number of anilines is 1. The highest BCUT2D eigenvalue weighted by Gasteiger charge is 2.01. The molecule has 0 spiro atoms. The fourth-order valence-corrected chi connectivity index (χ4v) is 0.835. The van der Waals surface area contributed by atoms with Crippen LogP contribution >= 0.6 is 0 Å². The zero-order valence-electron chi connectivity index (χ0n) is 6.53. The molecule has 0 saturated heterocycles. The second-order valence-electron chi connectivity index (χ2n) is 2.33. The third-order valence-corrected chi connectivity index (χ3v) is 1.43. The van der Waals surface area contributed by atoms with Gasteiger partial charge in [-0.1, -0.05) is 6.08 Å². The van der Waals surface area contributed by atoms with E-state index in [9.17, 15) is 4.79 Å². The highest BCUT2D eigenvalue weighted by atomic mass is 16.1. The first-order valence-electron chi connectivity index (χ1n) is 3.39. The van der Waals surface area contributed by atoms with Crippen LogP contribution in [0.4, 0.5) is 5.82 Å². The molecule has 1 aromatic heterocycles. The van der Waals surface area contributed by atoms with E-state index in [1.807, 2.05) is 0 Å². The van der Waals surface area contributed by atoms with E-state index < -0.39 is 5.69 Å². The SMILES string of the molecule is C=CCc1cn(N)c(=O)nc1N. The Hall–Kier alpha value is -1.78. The first-order chi connectivity index (χ1) is 5.65. The molecule has 64 valence electrons. The monoisotopic (exact) mass is 166 g/mol. The van der Waals surface area contributed by atoms with Crippen molar-refractivity contribution in [2.24, 2.45) is 0 Å². The maximum atomic E-state index is 10.8. The van der Waals surface area contributed by atoms with Crippen LogP contribution in [0.2, 0.25) is 0 Å². The number of hydrogen-bond acceptors (Lipinski definition) is 4. The van der Waals surface area contributed by atoms with Gasteiger partial charge in [0.05, 0.1) is 0 Å². The summed E-state index contributed by atoms with van der Waals surface area (Å²) in [7, 11) is 0. The Labute approximate surface area is 69.3 Å². The van der Waals surface area contributed by atoms with Crippen LogP contribution in [0.5, 0.6) is 0 Å². The second-order valence-corrected chi connectivity index (χ2v) is 2.33. The molecule has 0 radical (unpaired) electrons. The average molecular weight is 166 g/mol. The van der Waals surface area contributed by atoms with Gasteiger partial charge >= 0.3 is 5.69 Å². The van der Waals surface area contributed by atoms with Crippen molar-refractivity contribution >= 4 is 5.82 Å². The number of nitrogens with zero attached hydrogens (tertiary/aromatic N) is 2. The molecule has 0 atom stereocenters. The van der Waals surface area contributed by atoms with Crippen molar-refractivity contribution < 1.29 is 0 Å². The van der Waals surface area contributed by atoms with E-state index >= 15 is 0 Å². The molecule has 1 heterocycles. The fourth-order valence-electron chi connectivity index (χ4n) is 0.835. The molecule has 4 N–H and O–H groups in total. The summed E-state index contributed by atoms with van der Waals surface area (Å²) in [5.74, 6) is 5.48. The van der Waals surface area contributed by atoms with Crippen molar-refractivity contribution in [2.45, 2.75) is 6.42 Å². The maximum absolute atomic E-state index is 10.8. The molecule has 5 heteroatoms. The summed E-state index contributed by atoms with van der Waals surface area (Å²) in [5, 5.41) is 0. The minimum atomic E-state index is -0.555. The van der Waals surface area contributed by atoms with Gasteiger partial charge in [0.2, 0.25) is 0 Å². The van der Waals surface area contributed by atoms with E-state index in [4.69, 9.17) is 11.6 Å². The number of aromatic nitrogens is 2. The molecule has 0 unspecified atom stereocenters. The Morgan fingerprint density at radius 3 is 3.00 bits per heavy atom. The van der Waals surface area contributed by atoms with Crippen molar-refractivity contribution in [1.29, 1.82) is 0 Å². The van der Waals surface area contributed by atoms with Crippen LogP contribution in [0, 0.1) is 0 Å². The first-order valence-corrected chi connectivity index (χ1v) is 3.39. The summed E-state index contributed by atoms with van der Waals surface area (Å²) < 4.78 is 0.898. The van der Waals surface area contributed by atoms with Gasteiger partial charge in [0.25, 0.3) is 0 Å². The van der Waals surface area contributed by atoms with Crippen LogP contribution in [0.15, 0.2) is 23.6 Å². The summed E-state index contributed by atoms with van der Waals surface area (Å²) in [6, 6.07) is 0. The van der Waals surface area contributed by atoms with Crippen LogP contribution < -0.4 is 17.3 Å². The van der Waals surface area contributed by atoms with Crippen molar-refractivity contribution in [3.63, 3.8) is 0 Å². The molecule has 0 aromatic carbocycles. The third-order valence-electron chi connectivity index (χ3n) is 1.43. The Morgan fingerprint density at radius 1 is 1.75 bits per heavy atom. The zero-order chi connectivity index (χ0) is 9.14. The quantitative estimate of drug-likeness (QED) is 0.448. The van der Waals surface area contributed by atoms with E-state index in [1.165, 1.54) is 6.20 Å². The molecule has 0 aliphatic heterocycles. The minimum Gasteiger partial charge on any atom is -0.383 e. The number of nitrogens with two attached hydrogens (primary N) is 2. The second kappa shape index (κ2) is 3.08. The van der Waals surface area contributed by atoms with E-state index in [-0.39, 0.29) is 5.82 Å². The van der Waals surface area contributed by atoms with Gasteiger partial charge < -0.3 is 11.6 Å². The van der Waals surface area contributed by atoms with Crippen LogP contribution in [0.25, 0.3) is 0 Å². The summed E-state index contributed by atoms with van der Waals surface area (Å²) in [5.41, 5.74) is 5.59. The molecule has 0 fully saturated rings. The molecular weight excluding hydrogens is 156 g/mol. The van der Waals surface area contributed by atoms with Gasteiger partial charge in [0.1, 0.15) is 5.82 Å². The van der Waals surface area contributed by atoms with Crippen molar-refractivity contribution in [2.75, 3.05) is 11.6 Å². The zero-order valence-corrected chi connectivity index (χ0v) is 6.53. The molecule has 1 aromatic rings. The highest BCUT2D eigenvalue weighted by Crippen LogP contribution is 2.04. The van der Waals surface area contributed by atoms with E-state index in [0.717, 1.165) is 4.68 Å². The van der Waals surface area contributed by atoms with Crippen LogP contribution in [-0.2, 0) is 6.42 Å². The summed E-state index contributed by atoms with van der Waals surface area (Å²) in [4.78, 5) is 14.3. The summed E-state index contributed by atoms with van der Waals surface area (Å²) in [6.45, 7) is 3.54. The minimum absolute atomic E-state index is 0.210. The predicted octanol–water partition coefficient (Wildman–Crippen LogP) is -0.732. The normalized spacial score (nSPS) is 9.67. The lowest BCUT2D eigenvalue weighted by molar-refractivity contribution is 0.858. The lowest BCUT2D eigenvalue weighted by Crippen LogP contribution is -2.30. The largest absolute Gasteiger partial charge is 0.383 e. The van der Waals surface area contributed by atoms with Crippen molar-refractivity contribution in [1.82, 2.24) is 9.66 Å². The average Bonchev–Trinajstić information content (AvgIpc) is 2.01. The molecule has 0 saturated carbocycles. The molecule has 1 rings (SSSR count). The van der Waals surface area contributed by atoms with Gasteiger partial charge in [-0.2, -0.15) is 4.98 Å². The van der Waals surface area contributed by atoms with Gasteiger partial charge in [0, 0.05) is 11.8 Å². The van der Waals surface area contributed by atoms with Gasteiger partial charge in [-0.25, -0.2) is 9.47 Å². The Bertz CT molecular complexity index is 355. The van der Waals surface area contributed by atoms with Gasteiger partial charge in [-0.15, -0.1) is 6.58 Å². The Morgan fingerprint density at radius 2 is 2.42 bits per heavy atom. The van der Waals surface area contributed by atoms with E-state index in [0.29, 0.717) is 12.0 Å². The molecule has 12 heavy (non-hydrogen) atoms. The summed E-state index contributed by atoms with van der Waals surface area (Å²) >= 11 is 0. The maximum Gasteiger partial charge on any atom is 0.367 e. The fraction of sp³-hybridized carbons (Fsp3) is 0.143. The van der Waals surface area contributed by atoms with Crippen molar-refractivity contribution in [3.05, 3.63) is 34.9 Å². The lowest BCUT2D eigenvalue weighted by Gasteiger charge is -2.02. The van der Waals surface area contributed by atoms with E-state index in [2.05, 4.69) is 11.6 Å². The predicted molar refractivity (Wildman–Crippen MR) is 47.0 cm³/mol. The summed E-state index contributed by atoms with van der Waals surface area (Å²) in [6.07, 6.45) is 3.67. The van der Waals surface area contributed by atoms with Gasteiger partial charge in [0.15, 0.2) is 0 Å². The standard InChI is InChI=1S/C7H10N4O/c1-2-3-5-4-11(9)7(12)10-6(5)8/h2,4H,1,3,9H2,(H2,8,10,12). The molecule has 0 amide bonds. The van der Waals surface area contributed by atoms with Crippen molar-refractivity contribution in [3.8, 4) is 0 Å². The number of nitrogen functional groups attached to an aromatic ring is 2. The molecule has 0 bridgehead atoms. The third kappa shape index (κ3) is 1.45. The lowest BCUT2D eigenvalue weighted by atomic mass is 10.2. The van der Waals surface area contributed by atoms with Gasteiger partial charge in [-0.05, 0) is 6.42 Å². The number of allylic oxidation sites excluding steroid dienone is 1. The van der Waals surface area contributed by atoms with Crippen LogP contribution in [-0.4, -0.2) is 9.66 Å². The van der Waals surface area contributed by atoms with Crippen LogP contribution in [0.3, 0.4) is 0 Å². The molecular formula is C7H10N4O. The van der Waals surface area contributed by atoms with E-state index in [1.54, 1.807) is 6.08 Å².